The predicted molar refractivity (Wildman–Crippen MR) is 112 cm³/mol. The summed E-state index contributed by atoms with van der Waals surface area (Å²) in [6, 6.07) is 7.96. The van der Waals surface area contributed by atoms with E-state index in [0.717, 1.165) is 12.0 Å². The van der Waals surface area contributed by atoms with Crippen molar-refractivity contribution in [2.75, 3.05) is 10.5 Å². The molecule has 3 aromatic rings. The summed E-state index contributed by atoms with van der Waals surface area (Å²) in [4.78, 5) is 19.8. The molecular formula is C19H21ClN4O4S. The molecule has 0 unspecified atom stereocenters. The zero-order valence-corrected chi connectivity index (χ0v) is 17.6. The minimum Gasteiger partial charge on any atom is -0.477 e. The van der Waals surface area contributed by atoms with Gasteiger partial charge in [-0.2, -0.15) is 0 Å². The Hall–Kier alpha value is -2.65. The molecule has 154 valence electrons. The molecule has 2 heterocycles. The average molecular weight is 437 g/mol. The van der Waals surface area contributed by atoms with E-state index in [1.54, 1.807) is 35.8 Å². The number of hydrogen-bond acceptors (Lipinski definition) is 5. The quantitative estimate of drug-likeness (QED) is 0.556. The normalized spacial score (nSPS) is 11.7. The zero-order chi connectivity index (χ0) is 21.2. The van der Waals surface area contributed by atoms with E-state index in [-0.39, 0.29) is 11.4 Å². The van der Waals surface area contributed by atoms with Gasteiger partial charge >= 0.3 is 5.97 Å². The molecule has 10 heteroatoms. The van der Waals surface area contributed by atoms with E-state index in [1.165, 1.54) is 6.07 Å². The molecule has 0 aliphatic carbocycles. The summed E-state index contributed by atoms with van der Waals surface area (Å²) in [6.45, 7) is 4.05. The number of carbonyl (C=O) groups is 1. The Kier molecular flexibility index (Phi) is 6.09. The second-order valence-corrected chi connectivity index (χ2v) is 8.92. The van der Waals surface area contributed by atoms with Crippen LogP contribution in [0.4, 0.5) is 5.69 Å². The van der Waals surface area contributed by atoms with Crippen LogP contribution in [0.3, 0.4) is 0 Å². The first-order chi connectivity index (χ1) is 13.7. The minimum atomic E-state index is -3.41. The molecule has 29 heavy (non-hydrogen) atoms. The van der Waals surface area contributed by atoms with E-state index in [0.29, 0.717) is 40.7 Å². The van der Waals surface area contributed by atoms with Gasteiger partial charge in [-0.05, 0) is 43.2 Å². The van der Waals surface area contributed by atoms with Gasteiger partial charge < -0.3 is 9.67 Å². The number of anilines is 1. The molecule has 0 saturated carbocycles. The fourth-order valence-corrected chi connectivity index (χ4v) is 4.39. The van der Waals surface area contributed by atoms with Crippen molar-refractivity contribution in [2.24, 2.45) is 0 Å². The second-order valence-electron chi connectivity index (χ2n) is 6.67. The van der Waals surface area contributed by atoms with Gasteiger partial charge in [-0.25, -0.2) is 23.2 Å². The number of carboxylic acids is 1. The maximum atomic E-state index is 12.1. The summed E-state index contributed by atoms with van der Waals surface area (Å²) >= 11 is 6.38. The van der Waals surface area contributed by atoms with E-state index in [9.17, 15) is 18.3 Å². The van der Waals surface area contributed by atoms with Gasteiger partial charge in [-0.15, -0.1) is 0 Å². The van der Waals surface area contributed by atoms with Crippen LogP contribution in [0.2, 0.25) is 5.02 Å². The van der Waals surface area contributed by atoms with E-state index in [4.69, 9.17) is 11.6 Å². The van der Waals surface area contributed by atoms with Crippen LogP contribution in [-0.4, -0.2) is 39.8 Å². The second kappa shape index (κ2) is 8.38. The first-order valence-corrected chi connectivity index (χ1v) is 11.1. The molecular weight excluding hydrogens is 416 g/mol. The molecule has 0 aliphatic rings. The van der Waals surface area contributed by atoms with Crippen molar-refractivity contribution in [1.82, 2.24) is 14.5 Å². The van der Waals surface area contributed by atoms with E-state index in [2.05, 4.69) is 14.7 Å². The molecule has 0 aliphatic heterocycles. The third kappa shape index (κ3) is 4.86. The number of benzene rings is 1. The van der Waals surface area contributed by atoms with Crippen molar-refractivity contribution < 1.29 is 18.3 Å². The van der Waals surface area contributed by atoms with Crippen LogP contribution >= 0.6 is 11.6 Å². The van der Waals surface area contributed by atoms with Crippen LogP contribution in [0.25, 0.3) is 11.2 Å². The highest BCUT2D eigenvalue weighted by molar-refractivity contribution is 7.92. The smallest absolute Gasteiger partial charge is 0.354 e. The van der Waals surface area contributed by atoms with Gasteiger partial charge in [0.05, 0.1) is 12.3 Å². The Morgan fingerprint density at radius 2 is 2.00 bits per heavy atom. The molecule has 0 bridgehead atoms. The molecule has 8 nitrogen and oxygen atoms in total. The maximum absolute atomic E-state index is 12.1. The lowest BCUT2D eigenvalue weighted by Gasteiger charge is -2.12. The van der Waals surface area contributed by atoms with Gasteiger partial charge in [0.25, 0.3) is 0 Å². The monoisotopic (exact) mass is 436 g/mol. The average Bonchev–Trinajstić information content (AvgIpc) is 2.96. The van der Waals surface area contributed by atoms with E-state index < -0.39 is 16.0 Å². The van der Waals surface area contributed by atoms with Gasteiger partial charge in [-0.1, -0.05) is 31.0 Å². The van der Waals surface area contributed by atoms with Gasteiger partial charge in [0.2, 0.25) is 10.0 Å². The van der Waals surface area contributed by atoms with Crippen molar-refractivity contribution in [2.45, 2.75) is 33.2 Å². The molecule has 0 radical (unpaired) electrons. The number of aryl methyl sites for hydroxylation is 1. The number of halogens is 1. The standard InChI is InChI=1S/C19H21ClN4O4S/c1-3-4-9-29(27,28)23-14-6-5-13(15(20)10-14)11-24-12(2)21-16-7-8-17(19(25)26)22-18(16)24/h5-8,10,23H,3-4,9,11H2,1-2H3,(H,25,26). The van der Waals surface area contributed by atoms with Crippen LogP contribution in [0, 0.1) is 6.92 Å². The topological polar surface area (TPSA) is 114 Å². The summed E-state index contributed by atoms with van der Waals surface area (Å²) in [5, 5.41) is 9.57. The number of carboxylic acid groups (broad SMARTS) is 1. The highest BCUT2D eigenvalue weighted by Gasteiger charge is 2.15. The molecule has 3 rings (SSSR count). The van der Waals surface area contributed by atoms with Crippen molar-refractivity contribution in [3.05, 3.63) is 52.4 Å². The molecule has 2 N–H and O–H groups in total. The lowest BCUT2D eigenvalue weighted by Crippen LogP contribution is -2.16. The molecule has 0 amide bonds. The lowest BCUT2D eigenvalue weighted by atomic mass is 10.2. The number of pyridine rings is 1. The number of nitrogens with zero attached hydrogens (tertiary/aromatic N) is 3. The van der Waals surface area contributed by atoms with Gasteiger partial charge in [-0.3, -0.25) is 4.72 Å². The summed E-state index contributed by atoms with van der Waals surface area (Å²) < 4.78 is 28.4. The highest BCUT2D eigenvalue weighted by atomic mass is 35.5. The Morgan fingerprint density at radius 3 is 2.66 bits per heavy atom. The molecule has 2 aromatic heterocycles. The van der Waals surface area contributed by atoms with Gasteiger partial charge in [0, 0.05) is 10.7 Å². The van der Waals surface area contributed by atoms with Crippen LogP contribution in [0.1, 0.15) is 41.6 Å². The highest BCUT2D eigenvalue weighted by Crippen LogP contribution is 2.25. The Labute approximate surface area is 173 Å². The number of aromatic nitrogens is 3. The number of rotatable bonds is 8. The van der Waals surface area contributed by atoms with Crippen LogP contribution in [0.5, 0.6) is 0 Å². The molecule has 0 fully saturated rings. The maximum Gasteiger partial charge on any atom is 0.354 e. The third-order valence-electron chi connectivity index (χ3n) is 4.42. The Morgan fingerprint density at radius 1 is 1.24 bits per heavy atom. The zero-order valence-electron chi connectivity index (χ0n) is 16.0. The van der Waals surface area contributed by atoms with Crippen molar-refractivity contribution in [1.29, 1.82) is 0 Å². The molecule has 0 saturated heterocycles. The number of hydrogen-bond donors (Lipinski definition) is 2. The van der Waals surface area contributed by atoms with E-state index in [1.807, 2.05) is 6.92 Å². The number of fused-ring (bicyclic) bond motifs is 1. The number of unbranched alkanes of at least 4 members (excludes halogenated alkanes) is 1. The molecule has 0 atom stereocenters. The fourth-order valence-electron chi connectivity index (χ4n) is 2.90. The lowest BCUT2D eigenvalue weighted by molar-refractivity contribution is 0.0691. The summed E-state index contributed by atoms with van der Waals surface area (Å²) in [5.74, 6) is -0.397. The van der Waals surface area contributed by atoms with Crippen LogP contribution < -0.4 is 4.72 Å². The fraction of sp³-hybridized carbons (Fsp3) is 0.316. The Balaban J connectivity index is 1.88. The third-order valence-corrected chi connectivity index (χ3v) is 6.15. The number of nitrogens with one attached hydrogen (secondary N) is 1. The SMILES string of the molecule is CCCCS(=O)(=O)Nc1ccc(Cn2c(C)nc3ccc(C(=O)O)nc32)c(Cl)c1. The minimum absolute atomic E-state index is 0.0562. The summed E-state index contributed by atoms with van der Waals surface area (Å²) in [7, 11) is -3.41. The van der Waals surface area contributed by atoms with Crippen molar-refractivity contribution in [3.63, 3.8) is 0 Å². The Bertz CT molecular complexity index is 1170. The van der Waals surface area contributed by atoms with Gasteiger partial charge in [0.15, 0.2) is 11.3 Å². The number of imidazole rings is 1. The molecule has 1 aromatic carbocycles. The van der Waals surface area contributed by atoms with Crippen LogP contribution in [0.15, 0.2) is 30.3 Å². The largest absolute Gasteiger partial charge is 0.477 e. The number of aromatic carboxylic acids is 1. The predicted octanol–water partition coefficient (Wildman–Crippen LogP) is 3.68. The van der Waals surface area contributed by atoms with Crippen LogP contribution in [-0.2, 0) is 16.6 Å². The first kappa shape index (κ1) is 21.1. The van der Waals surface area contributed by atoms with E-state index >= 15 is 0 Å². The number of sulfonamides is 1. The molecule has 0 spiro atoms. The van der Waals surface area contributed by atoms with Crippen molar-refractivity contribution in [3.8, 4) is 0 Å². The van der Waals surface area contributed by atoms with Crippen molar-refractivity contribution >= 4 is 44.4 Å². The first-order valence-electron chi connectivity index (χ1n) is 9.06. The summed E-state index contributed by atoms with van der Waals surface area (Å²) in [5.41, 5.74) is 2.09. The summed E-state index contributed by atoms with van der Waals surface area (Å²) in [6.07, 6.45) is 1.37. The van der Waals surface area contributed by atoms with Gasteiger partial charge in [0.1, 0.15) is 11.3 Å².